The van der Waals surface area contributed by atoms with Gasteiger partial charge in [0, 0.05) is 35.5 Å². The standard InChI is InChI=1S/C28H32N2O6S/c1-28(2,3)23-17-21(25(37-23)27(33)34-4)29-26(32)24(31)20-9-10-22(19-8-6-5-7-18(19)20)36-16-13-30-11-14-35-15-12-30/h5-10,17H,11-16H2,1-4H3,(H,29,32). The van der Waals surface area contributed by atoms with Crippen molar-refractivity contribution in [1.82, 2.24) is 4.90 Å². The van der Waals surface area contributed by atoms with Gasteiger partial charge in [-0.25, -0.2) is 4.79 Å². The van der Waals surface area contributed by atoms with Crippen molar-refractivity contribution in [2.45, 2.75) is 26.2 Å². The van der Waals surface area contributed by atoms with Crippen LogP contribution in [0.5, 0.6) is 5.75 Å². The van der Waals surface area contributed by atoms with Gasteiger partial charge in [0.2, 0.25) is 0 Å². The Bertz CT molecular complexity index is 1300. The van der Waals surface area contributed by atoms with Crippen molar-refractivity contribution in [3.8, 4) is 5.75 Å². The lowest BCUT2D eigenvalue weighted by Crippen LogP contribution is -2.38. The van der Waals surface area contributed by atoms with Crippen molar-refractivity contribution in [3.05, 3.63) is 57.8 Å². The molecule has 2 aromatic carbocycles. The van der Waals surface area contributed by atoms with Crippen LogP contribution in [0.15, 0.2) is 42.5 Å². The molecule has 9 heteroatoms. The van der Waals surface area contributed by atoms with E-state index in [9.17, 15) is 14.4 Å². The van der Waals surface area contributed by atoms with E-state index in [1.807, 2.05) is 39.0 Å². The van der Waals surface area contributed by atoms with E-state index in [4.69, 9.17) is 14.2 Å². The van der Waals surface area contributed by atoms with Crippen molar-refractivity contribution < 1.29 is 28.6 Å². The molecule has 1 aliphatic rings. The number of nitrogens with one attached hydrogen (secondary N) is 1. The van der Waals surface area contributed by atoms with Gasteiger partial charge in [0.1, 0.15) is 17.2 Å². The Morgan fingerprint density at radius 3 is 2.43 bits per heavy atom. The molecule has 0 atom stereocenters. The second-order valence-electron chi connectivity index (χ2n) is 9.84. The van der Waals surface area contributed by atoms with Crippen LogP contribution in [-0.4, -0.2) is 69.1 Å². The molecule has 4 rings (SSSR count). The molecule has 1 N–H and O–H groups in total. The Morgan fingerprint density at radius 2 is 1.76 bits per heavy atom. The first-order chi connectivity index (χ1) is 17.7. The Hall–Kier alpha value is -3.27. The van der Waals surface area contributed by atoms with Gasteiger partial charge in [0.15, 0.2) is 0 Å². The number of benzene rings is 2. The predicted octanol–water partition coefficient (Wildman–Crippen LogP) is 4.52. The summed E-state index contributed by atoms with van der Waals surface area (Å²) in [5.74, 6) is -1.43. The van der Waals surface area contributed by atoms with E-state index >= 15 is 0 Å². The number of ketones is 1. The molecule has 0 saturated carbocycles. The highest BCUT2D eigenvalue weighted by molar-refractivity contribution is 7.14. The summed E-state index contributed by atoms with van der Waals surface area (Å²) in [6.45, 7) is 10.5. The fraction of sp³-hybridized carbons (Fsp3) is 0.393. The maximum atomic E-state index is 13.3. The summed E-state index contributed by atoms with van der Waals surface area (Å²) in [6.07, 6.45) is 0. The molecule has 0 radical (unpaired) electrons. The third-order valence-corrected chi connectivity index (χ3v) is 7.73. The molecule has 37 heavy (non-hydrogen) atoms. The molecular weight excluding hydrogens is 492 g/mol. The molecule has 1 aromatic heterocycles. The minimum atomic E-state index is -0.824. The van der Waals surface area contributed by atoms with Gasteiger partial charge in [-0.3, -0.25) is 14.5 Å². The van der Waals surface area contributed by atoms with Crippen molar-refractivity contribution >= 4 is 45.5 Å². The average Bonchev–Trinajstić information content (AvgIpc) is 3.33. The minimum Gasteiger partial charge on any atom is -0.492 e. The summed E-state index contributed by atoms with van der Waals surface area (Å²) >= 11 is 1.24. The third kappa shape index (κ3) is 6.18. The van der Waals surface area contributed by atoms with Gasteiger partial charge in [-0.15, -0.1) is 11.3 Å². The number of fused-ring (bicyclic) bond motifs is 1. The molecule has 0 bridgehead atoms. The van der Waals surface area contributed by atoms with E-state index < -0.39 is 17.7 Å². The molecule has 2 heterocycles. The molecule has 196 valence electrons. The zero-order valence-corrected chi connectivity index (χ0v) is 22.4. The quantitative estimate of drug-likeness (QED) is 0.263. The molecule has 3 aromatic rings. The number of hydrogen-bond donors (Lipinski definition) is 1. The van der Waals surface area contributed by atoms with Crippen LogP contribution in [0.25, 0.3) is 10.8 Å². The normalized spacial score (nSPS) is 14.4. The summed E-state index contributed by atoms with van der Waals surface area (Å²) in [4.78, 5) is 42.1. The van der Waals surface area contributed by atoms with Crippen LogP contribution in [0, 0.1) is 0 Å². The molecule has 1 aliphatic heterocycles. The molecule has 1 saturated heterocycles. The Balaban J connectivity index is 1.54. The predicted molar refractivity (Wildman–Crippen MR) is 144 cm³/mol. The molecule has 8 nitrogen and oxygen atoms in total. The molecule has 1 amide bonds. The lowest BCUT2D eigenvalue weighted by Gasteiger charge is -2.26. The average molecular weight is 525 g/mol. The lowest BCUT2D eigenvalue weighted by molar-refractivity contribution is -0.112. The maximum absolute atomic E-state index is 13.3. The number of morpholine rings is 1. The van der Waals surface area contributed by atoms with Crippen molar-refractivity contribution in [3.63, 3.8) is 0 Å². The Labute approximate surface area is 220 Å². The summed E-state index contributed by atoms with van der Waals surface area (Å²) in [5.41, 5.74) is 0.292. The number of thiophene rings is 1. The molecule has 0 spiro atoms. The van der Waals surface area contributed by atoms with Crippen LogP contribution in [0.2, 0.25) is 0 Å². The first-order valence-corrected chi connectivity index (χ1v) is 13.0. The fourth-order valence-electron chi connectivity index (χ4n) is 4.10. The van der Waals surface area contributed by atoms with Gasteiger partial charge in [0.25, 0.3) is 11.7 Å². The van der Waals surface area contributed by atoms with Crippen LogP contribution in [0.1, 0.15) is 45.7 Å². The van der Waals surface area contributed by atoms with Gasteiger partial charge in [-0.2, -0.15) is 0 Å². The van der Waals surface area contributed by atoms with E-state index in [1.165, 1.54) is 18.4 Å². The summed E-state index contributed by atoms with van der Waals surface area (Å²) in [7, 11) is 1.28. The molecular formula is C28H32N2O6S. The zero-order valence-electron chi connectivity index (χ0n) is 21.6. The molecule has 1 fully saturated rings. The second kappa shape index (κ2) is 11.4. The number of amides is 1. The SMILES string of the molecule is COC(=O)c1sc(C(C)(C)C)cc1NC(=O)C(=O)c1ccc(OCCN2CCOCC2)c2ccccc12. The van der Waals surface area contributed by atoms with Crippen molar-refractivity contribution in [2.75, 3.05) is 51.9 Å². The van der Waals surface area contributed by atoms with E-state index in [0.717, 1.165) is 43.1 Å². The number of Topliss-reactive ketones (excluding diaryl/α,β-unsaturated/α-hetero) is 1. The van der Waals surface area contributed by atoms with E-state index in [2.05, 4.69) is 10.2 Å². The Kier molecular flexibility index (Phi) is 8.26. The van der Waals surface area contributed by atoms with E-state index in [-0.39, 0.29) is 21.5 Å². The Morgan fingerprint density at radius 1 is 1.05 bits per heavy atom. The number of carbonyl (C=O) groups is 3. The monoisotopic (exact) mass is 524 g/mol. The third-order valence-electron chi connectivity index (χ3n) is 6.19. The number of rotatable bonds is 8. The number of nitrogens with zero attached hydrogens (tertiary/aromatic N) is 1. The van der Waals surface area contributed by atoms with Gasteiger partial charge >= 0.3 is 5.97 Å². The number of esters is 1. The number of hydrogen-bond acceptors (Lipinski definition) is 8. The molecule has 0 unspecified atom stereocenters. The maximum Gasteiger partial charge on any atom is 0.350 e. The largest absolute Gasteiger partial charge is 0.492 e. The van der Waals surface area contributed by atoms with Crippen LogP contribution in [-0.2, 0) is 19.7 Å². The highest BCUT2D eigenvalue weighted by Gasteiger charge is 2.27. The second-order valence-corrected chi connectivity index (χ2v) is 10.9. The van der Waals surface area contributed by atoms with Crippen LogP contribution in [0.3, 0.4) is 0 Å². The highest BCUT2D eigenvalue weighted by Crippen LogP contribution is 2.36. The topological polar surface area (TPSA) is 94.2 Å². The number of ether oxygens (including phenoxy) is 3. The van der Waals surface area contributed by atoms with Gasteiger partial charge in [-0.1, -0.05) is 45.0 Å². The van der Waals surface area contributed by atoms with E-state index in [0.29, 0.717) is 17.7 Å². The van der Waals surface area contributed by atoms with Crippen molar-refractivity contribution in [1.29, 1.82) is 0 Å². The van der Waals surface area contributed by atoms with Gasteiger partial charge in [0.05, 0.1) is 26.0 Å². The fourth-order valence-corrected chi connectivity index (χ4v) is 5.19. The van der Waals surface area contributed by atoms with Crippen molar-refractivity contribution in [2.24, 2.45) is 0 Å². The van der Waals surface area contributed by atoms with Gasteiger partial charge < -0.3 is 19.5 Å². The van der Waals surface area contributed by atoms with Crippen LogP contribution < -0.4 is 10.1 Å². The lowest BCUT2D eigenvalue weighted by atomic mass is 9.94. The first-order valence-electron chi connectivity index (χ1n) is 12.2. The van der Waals surface area contributed by atoms with Crippen LogP contribution in [0.4, 0.5) is 5.69 Å². The molecule has 0 aliphatic carbocycles. The summed E-state index contributed by atoms with van der Waals surface area (Å²) in [6, 6.07) is 12.4. The summed E-state index contributed by atoms with van der Waals surface area (Å²) < 4.78 is 16.3. The number of carbonyl (C=O) groups excluding carboxylic acids is 3. The first kappa shape index (κ1) is 26.8. The summed E-state index contributed by atoms with van der Waals surface area (Å²) in [5, 5.41) is 4.02. The van der Waals surface area contributed by atoms with E-state index in [1.54, 1.807) is 24.3 Å². The zero-order chi connectivity index (χ0) is 26.6. The van der Waals surface area contributed by atoms with Gasteiger partial charge in [-0.05, 0) is 29.0 Å². The highest BCUT2D eigenvalue weighted by atomic mass is 32.1. The van der Waals surface area contributed by atoms with Crippen LogP contribution >= 0.6 is 11.3 Å². The number of anilines is 1. The number of methoxy groups -OCH3 is 1. The minimum absolute atomic E-state index is 0.242. The smallest absolute Gasteiger partial charge is 0.350 e.